The molecule has 4 rings (SSSR count). The predicted octanol–water partition coefficient (Wildman–Crippen LogP) is 2.89. The van der Waals surface area contributed by atoms with Crippen molar-refractivity contribution in [3.05, 3.63) is 22.9 Å². The van der Waals surface area contributed by atoms with Crippen molar-refractivity contribution in [2.24, 2.45) is 5.92 Å². The Morgan fingerprint density at radius 2 is 2.07 bits per heavy atom. The molecule has 0 spiro atoms. The average Bonchev–Trinajstić information content (AvgIpc) is 3.35. The Balaban J connectivity index is 1.51. The lowest BCUT2D eigenvalue weighted by Crippen LogP contribution is -2.30. The number of amides is 1. The molecule has 1 aliphatic heterocycles. The number of halogens is 1. The number of sulfonamides is 1. The number of nitrogens with one attached hydrogen (secondary N) is 2. The van der Waals surface area contributed by atoms with Crippen LogP contribution >= 0.6 is 22.9 Å². The van der Waals surface area contributed by atoms with E-state index in [-0.39, 0.29) is 11.2 Å². The molecule has 0 aromatic carbocycles. The van der Waals surface area contributed by atoms with E-state index in [2.05, 4.69) is 20.1 Å². The lowest BCUT2D eigenvalue weighted by molar-refractivity contribution is -0.120. The van der Waals surface area contributed by atoms with Gasteiger partial charge in [-0.05, 0) is 38.0 Å². The molecule has 9 nitrogen and oxygen atoms in total. The van der Waals surface area contributed by atoms with Crippen molar-refractivity contribution in [2.75, 3.05) is 23.3 Å². The normalized spacial score (nSPS) is 19.1. The molecule has 2 fully saturated rings. The van der Waals surface area contributed by atoms with Crippen molar-refractivity contribution in [3.8, 4) is 0 Å². The molecule has 29 heavy (non-hydrogen) atoms. The minimum atomic E-state index is -3.39. The molecule has 2 aliphatic rings. The zero-order valence-electron chi connectivity index (χ0n) is 15.6. The summed E-state index contributed by atoms with van der Waals surface area (Å²) >= 11 is 7.08. The van der Waals surface area contributed by atoms with Crippen molar-refractivity contribution in [1.29, 1.82) is 0 Å². The van der Waals surface area contributed by atoms with E-state index in [9.17, 15) is 13.2 Å². The number of anilines is 2. The molecule has 1 aliphatic carbocycles. The monoisotopic (exact) mass is 459 g/mol. The molecule has 0 radical (unpaired) electrons. The Bertz CT molecular complexity index is 966. The van der Waals surface area contributed by atoms with Crippen LogP contribution < -0.4 is 10.0 Å². The Labute approximate surface area is 177 Å². The highest BCUT2D eigenvalue weighted by molar-refractivity contribution is 7.93. The van der Waals surface area contributed by atoms with Gasteiger partial charge in [-0.15, -0.1) is 0 Å². The van der Waals surface area contributed by atoms with Gasteiger partial charge in [-0.3, -0.25) is 14.2 Å². The summed E-state index contributed by atoms with van der Waals surface area (Å²) in [4.78, 5) is 17.1. The first-order chi connectivity index (χ1) is 13.9. The van der Waals surface area contributed by atoms with Gasteiger partial charge in [0.25, 0.3) is 5.91 Å². The van der Waals surface area contributed by atoms with Crippen LogP contribution in [0.15, 0.2) is 18.6 Å². The second-order valence-corrected chi connectivity index (χ2v) is 10.9. The molecule has 158 valence electrons. The van der Waals surface area contributed by atoms with Crippen molar-refractivity contribution >= 4 is 49.7 Å². The number of aromatic nitrogens is 3. The van der Waals surface area contributed by atoms with E-state index in [4.69, 9.17) is 16.3 Å². The fourth-order valence-corrected chi connectivity index (χ4v) is 5.49. The number of ether oxygens (including phenoxy) is 1. The first-order valence-electron chi connectivity index (χ1n) is 9.46. The van der Waals surface area contributed by atoms with Gasteiger partial charge in [0.15, 0.2) is 5.13 Å². The van der Waals surface area contributed by atoms with E-state index in [0.717, 1.165) is 12.8 Å². The lowest BCUT2D eigenvalue weighted by atomic mass is 9.92. The third kappa shape index (κ3) is 5.27. The third-order valence-electron chi connectivity index (χ3n) is 5.05. The van der Waals surface area contributed by atoms with Crippen LogP contribution in [0.1, 0.15) is 38.1 Å². The molecule has 1 saturated carbocycles. The van der Waals surface area contributed by atoms with E-state index >= 15 is 0 Å². The van der Waals surface area contributed by atoms with Crippen molar-refractivity contribution in [2.45, 2.75) is 43.4 Å². The molecular formula is C17H22ClN5O4S2. The van der Waals surface area contributed by atoms with Gasteiger partial charge in [0, 0.05) is 19.4 Å². The van der Waals surface area contributed by atoms with Crippen molar-refractivity contribution in [3.63, 3.8) is 0 Å². The highest BCUT2D eigenvalue weighted by Crippen LogP contribution is 2.31. The van der Waals surface area contributed by atoms with Gasteiger partial charge in [0.05, 0.1) is 23.3 Å². The second kappa shape index (κ2) is 8.58. The largest absolute Gasteiger partial charge is 0.381 e. The van der Waals surface area contributed by atoms with Gasteiger partial charge >= 0.3 is 0 Å². The highest BCUT2D eigenvalue weighted by Gasteiger charge is 2.36. The molecule has 0 bridgehead atoms. The number of thiazole rings is 1. The number of nitrogens with zero attached hydrogens (tertiary/aromatic N) is 3. The zero-order valence-corrected chi connectivity index (χ0v) is 18.0. The van der Waals surface area contributed by atoms with Gasteiger partial charge in [-0.2, -0.15) is 5.10 Å². The smallest absolute Gasteiger partial charge is 0.251 e. The van der Waals surface area contributed by atoms with Crippen molar-refractivity contribution in [1.82, 2.24) is 14.8 Å². The number of carbonyl (C=O) groups excluding carboxylic acids is 1. The second-order valence-electron chi connectivity index (χ2n) is 7.32. The topological polar surface area (TPSA) is 115 Å². The molecular weight excluding hydrogens is 438 g/mol. The quantitative estimate of drug-likeness (QED) is 0.627. The first kappa shape index (κ1) is 20.6. The van der Waals surface area contributed by atoms with Gasteiger partial charge in [-0.25, -0.2) is 13.4 Å². The van der Waals surface area contributed by atoms with Gasteiger partial charge in [-0.1, -0.05) is 22.9 Å². The molecule has 2 aromatic rings. The van der Waals surface area contributed by atoms with E-state index < -0.39 is 16.1 Å². The number of carbonyl (C=O) groups is 1. The Morgan fingerprint density at radius 3 is 2.72 bits per heavy atom. The summed E-state index contributed by atoms with van der Waals surface area (Å²) in [5.41, 5.74) is 0.360. The van der Waals surface area contributed by atoms with Crippen LogP contribution in [0.25, 0.3) is 0 Å². The van der Waals surface area contributed by atoms with Crippen LogP contribution in [-0.4, -0.2) is 47.6 Å². The van der Waals surface area contributed by atoms with Gasteiger partial charge < -0.3 is 10.1 Å². The summed E-state index contributed by atoms with van der Waals surface area (Å²) in [6.07, 6.45) is 8.15. The molecule has 2 N–H and O–H groups in total. The fourth-order valence-electron chi connectivity index (χ4n) is 3.32. The number of hydrogen-bond donors (Lipinski definition) is 2. The van der Waals surface area contributed by atoms with E-state index in [1.165, 1.54) is 28.4 Å². The van der Waals surface area contributed by atoms with Crippen LogP contribution in [-0.2, 0) is 19.6 Å². The summed E-state index contributed by atoms with van der Waals surface area (Å²) in [6, 6.07) is -0.597. The van der Waals surface area contributed by atoms with Gasteiger partial charge in [0.2, 0.25) is 10.0 Å². The van der Waals surface area contributed by atoms with Crippen LogP contribution in [0, 0.1) is 5.92 Å². The molecule has 3 heterocycles. The maximum Gasteiger partial charge on any atom is 0.251 e. The van der Waals surface area contributed by atoms with Crippen LogP contribution in [0.3, 0.4) is 0 Å². The predicted molar refractivity (Wildman–Crippen MR) is 111 cm³/mol. The zero-order chi connectivity index (χ0) is 20.4. The van der Waals surface area contributed by atoms with Crippen LogP contribution in [0.2, 0.25) is 4.34 Å². The molecule has 1 amide bonds. The third-order valence-corrected chi connectivity index (χ3v) is 7.95. The van der Waals surface area contributed by atoms with E-state index in [1.807, 2.05) is 0 Å². The molecule has 1 unspecified atom stereocenters. The highest BCUT2D eigenvalue weighted by atomic mass is 35.5. The summed E-state index contributed by atoms with van der Waals surface area (Å²) in [7, 11) is -3.39. The Hall–Kier alpha value is -1.69. The maximum atomic E-state index is 13.0. The molecule has 2 aromatic heterocycles. The van der Waals surface area contributed by atoms with Crippen LogP contribution in [0.4, 0.5) is 10.8 Å². The average molecular weight is 460 g/mol. The minimum Gasteiger partial charge on any atom is -0.381 e. The SMILES string of the molecule is O=C(Nc1ncc(Cl)s1)C(CC1CCOCC1)n1cc(NS(=O)(=O)C2CC2)cn1. The molecule has 1 saturated heterocycles. The number of rotatable bonds is 8. The summed E-state index contributed by atoms with van der Waals surface area (Å²) in [5, 5.41) is 7.14. The van der Waals surface area contributed by atoms with E-state index in [1.54, 1.807) is 6.20 Å². The Kier molecular flexibility index (Phi) is 6.09. The van der Waals surface area contributed by atoms with Gasteiger partial charge in [0.1, 0.15) is 10.4 Å². The summed E-state index contributed by atoms with van der Waals surface area (Å²) in [5.74, 6) is 0.0531. The maximum absolute atomic E-state index is 13.0. The lowest BCUT2D eigenvalue weighted by Gasteiger charge is -2.26. The van der Waals surface area contributed by atoms with Crippen LogP contribution in [0.5, 0.6) is 0 Å². The minimum absolute atomic E-state index is 0.262. The first-order valence-corrected chi connectivity index (χ1v) is 12.2. The summed E-state index contributed by atoms with van der Waals surface area (Å²) in [6.45, 7) is 1.35. The standard InChI is InChI=1S/C17H22ClN5O4S2/c18-15-9-19-17(28-15)21-16(24)14(7-11-3-5-27-6-4-11)23-10-12(8-20-23)22-29(25,26)13-1-2-13/h8-11,13-14,22H,1-7H2,(H,19,21,24). The van der Waals surface area contributed by atoms with E-state index in [0.29, 0.717) is 53.5 Å². The van der Waals surface area contributed by atoms with Crippen molar-refractivity contribution < 1.29 is 17.9 Å². The fraction of sp³-hybridized carbons (Fsp3) is 0.588. The molecule has 1 atom stereocenters. The number of hydrogen-bond acceptors (Lipinski definition) is 7. The molecule has 12 heteroatoms. The summed E-state index contributed by atoms with van der Waals surface area (Å²) < 4.78 is 34.3. The Morgan fingerprint density at radius 1 is 1.31 bits per heavy atom.